The molecule has 14 heavy (non-hydrogen) atoms. The highest BCUT2D eigenvalue weighted by Gasteiger charge is 2.20. The van der Waals surface area contributed by atoms with Crippen LogP contribution in [0.5, 0.6) is 0 Å². The standard InChI is InChI=1S/C12H13NO/c14-9-13-8-7-11-6-5-10-3-1-2-4-12(10)11/h1-4,11H,5-8H2. The van der Waals surface area contributed by atoms with Crippen LogP contribution in [0.2, 0.25) is 0 Å². The van der Waals surface area contributed by atoms with Crippen LogP contribution in [0.15, 0.2) is 29.3 Å². The van der Waals surface area contributed by atoms with E-state index < -0.39 is 0 Å². The molecule has 1 aliphatic rings. The highest BCUT2D eigenvalue weighted by molar-refractivity contribution is 5.35. The normalized spacial score (nSPS) is 18.7. The second kappa shape index (κ2) is 4.21. The zero-order valence-corrected chi connectivity index (χ0v) is 8.07. The van der Waals surface area contributed by atoms with Crippen molar-refractivity contribution >= 4 is 6.08 Å². The molecule has 0 saturated heterocycles. The van der Waals surface area contributed by atoms with Crippen LogP contribution in [-0.2, 0) is 11.2 Å². The molecule has 1 atom stereocenters. The van der Waals surface area contributed by atoms with Gasteiger partial charge in [-0.05, 0) is 36.3 Å². The minimum Gasteiger partial charge on any atom is -0.211 e. The van der Waals surface area contributed by atoms with Crippen molar-refractivity contribution in [3.8, 4) is 0 Å². The average molecular weight is 187 g/mol. The van der Waals surface area contributed by atoms with E-state index >= 15 is 0 Å². The third-order valence-corrected chi connectivity index (χ3v) is 2.91. The number of rotatable bonds is 3. The summed E-state index contributed by atoms with van der Waals surface area (Å²) in [7, 11) is 0. The van der Waals surface area contributed by atoms with Crippen molar-refractivity contribution in [3.05, 3.63) is 35.4 Å². The summed E-state index contributed by atoms with van der Waals surface area (Å²) in [5, 5.41) is 0. The molecule has 0 fully saturated rings. The Balaban J connectivity index is 2.06. The van der Waals surface area contributed by atoms with Gasteiger partial charge in [0.2, 0.25) is 6.08 Å². The Bertz CT molecular complexity index is 366. The fraction of sp³-hybridized carbons (Fsp3) is 0.417. The fourth-order valence-corrected chi connectivity index (χ4v) is 2.21. The minimum absolute atomic E-state index is 0.600. The molecule has 2 heteroatoms. The summed E-state index contributed by atoms with van der Waals surface area (Å²) in [6, 6.07) is 8.56. The number of aryl methyl sites for hydroxylation is 1. The van der Waals surface area contributed by atoms with Crippen molar-refractivity contribution in [1.82, 2.24) is 0 Å². The van der Waals surface area contributed by atoms with E-state index in [-0.39, 0.29) is 0 Å². The molecule has 1 aromatic carbocycles. The van der Waals surface area contributed by atoms with E-state index in [1.807, 2.05) is 0 Å². The van der Waals surface area contributed by atoms with Crippen LogP contribution in [0.1, 0.15) is 29.9 Å². The predicted molar refractivity (Wildman–Crippen MR) is 55.1 cm³/mol. The van der Waals surface area contributed by atoms with Gasteiger partial charge in [0, 0.05) is 0 Å². The highest BCUT2D eigenvalue weighted by atomic mass is 16.1. The Kier molecular flexibility index (Phi) is 2.76. The SMILES string of the molecule is O=C=NCCC1CCc2ccccc21. The lowest BCUT2D eigenvalue weighted by Gasteiger charge is -2.08. The quantitative estimate of drug-likeness (QED) is 0.528. The fourth-order valence-electron chi connectivity index (χ4n) is 2.21. The lowest BCUT2D eigenvalue weighted by molar-refractivity contribution is 0.559. The summed E-state index contributed by atoms with van der Waals surface area (Å²) in [6.07, 6.45) is 4.94. The minimum atomic E-state index is 0.600. The number of nitrogens with zero attached hydrogens (tertiary/aromatic N) is 1. The van der Waals surface area contributed by atoms with Crippen molar-refractivity contribution in [2.24, 2.45) is 4.99 Å². The van der Waals surface area contributed by atoms with Crippen LogP contribution >= 0.6 is 0 Å². The summed E-state index contributed by atoms with van der Waals surface area (Å²) >= 11 is 0. The maximum absolute atomic E-state index is 9.93. The third-order valence-electron chi connectivity index (χ3n) is 2.91. The molecule has 0 spiro atoms. The smallest absolute Gasteiger partial charge is 0.211 e. The molecule has 1 unspecified atom stereocenters. The monoisotopic (exact) mass is 187 g/mol. The predicted octanol–water partition coefficient (Wildman–Crippen LogP) is 2.44. The van der Waals surface area contributed by atoms with Crippen LogP contribution in [0.4, 0.5) is 0 Å². The van der Waals surface area contributed by atoms with Crippen LogP contribution in [0.25, 0.3) is 0 Å². The van der Waals surface area contributed by atoms with Gasteiger partial charge in [-0.25, -0.2) is 9.79 Å². The van der Waals surface area contributed by atoms with Crippen molar-refractivity contribution in [1.29, 1.82) is 0 Å². The first-order valence-corrected chi connectivity index (χ1v) is 5.03. The van der Waals surface area contributed by atoms with E-state index in [0.29, 0.717) is 12.5 Å². The Morgan fingerprint density at radius 1 is 1.43 bits per heavy atom. The van der Waals surface area contributed by atoms with Crippen molar-refractivity contribution in [2.75, 3.05) is 6.54 Å². The summed E-state index contributed by atoms with van der Waals surface area (Å²) < 4.78 is 0. The van der Waals surface area contributed by atoms with Crippen LogP contribution in [-0.4, -0.2) is 12.6 Å². The molecule has 0 N–H and O–H groups in total. The molecule has 0 heterocycles. The van der Waals surface area contributed by atoms with Crippen LogP contribution in [0, 0.1) is 0 Å². The zero-order chi connectivity index (χ0) is 9.80. The van der Waals surface area contributed by atoms with Crippen LogP contribution < -0.4 is 0 Å². The van der Waals surface area contributed by atoms with Gasteiger partial charge in [0.1, 0.15) is 0 Å². The number of hydrogen-bond donors (Lipinski definition) is 0. The van der Waals surface area contributed by atoms with E-state index in [1.54, 1.807) is 6.08 Å². The number of fused-ring (bicyclic) bond motifs is 1. The first-order chi connectivity index (χ1) is 6.92. The molecular weight excluding hydrogens is 174 g/mol. The summed E-state index contributed by atoms with van der Waals surface area (Å²) in [5.74, 6) is 0.600. The third kappa shape index (κ3) is 1.75. The molecule has 0 aromatic heterocycles. The zero-order valence-electron chi connectivity index (χ0n) is 8.07. The molecule has 0 radical (unpaired) electrons. The summed E-state index contributed by atoms with van der Waals surface area (Å²) in [4.78, 5) is 13.5. The van der Waals surface area contributed by atoms with Gasteiger partial charge in [-0.1, -0.05) is 24.3 Å². The largest absolute Gasteiger partial charge is 0.234 e. The average Bonchev–Trinajstić information content (AvgIpc) is 2.63. The van der Waals surface area contributed by atoms with Crippen molar-refractivity contribution in [2.45, 2.75) is 25.2 Å². The van der Waals surface area contributed by atoms with Gasteiger partial charge in [0.15, 0.2) is 0 Å². The molecule has 0 bridgehead atoms. The van der Waals surface area contributed by atoms with E-state index in [1.165, 1.54) is 24.0 Å². The second-order valence-corrected chi connectivity index (χ2v) is 3.70. The number of hydrogen-bond acceptors (Lipinski definition) is 2. The van der Waals surface area contributed by atoms with Crippen molar-refractivity contribution in [3.63, 3.8) is 0 Å². The molecular formula is C12H13NO. The number of benzene rings is 1. The number of carbonyl (C=O) groups excluding carboxylic acids is 1. The van der Waals surface area contributed by atoms with E-state index in [9.17, 15) is 4.79 Å². The van der Waals surface area contributed by atoms with E-state index in [4.69, 9.17) is 0 Å². The maximum Gasteiger partial charge on any atom is 0.234 e. The van der Waals surface area contributed by atoms with Gasteiger partial charge in [0.25, 0.3) is 0 Å². The Labute approximate surface area is 83.7 Å². The van der Waals surface area contributed by atoms with Crippen molar-refractivity contribution < 1.29 is 4.79 Å². The lowest BCUT2D eigenvalue weighted by atomic mass is 9.98. The molecule has 2 nitrogen and oxygen atoms in total. The molecule has 1 aromatic rings. The van der Waals surface area contributed by atoms with Gasteiger partial charge >= 0.3 is 0 Å². The Morgan fingerprint density at radius 3 is 3.14 bits per heavy atom. The molecule has 0 aliphatic heterocycles. The van der Waals surface area contributed by atoms with Gasteiger partial charge < -0.3 is 0 Å². The summed E-state index contributed by atoms with van der Waals surface area (Å²) in [6.45, 7) is 0.614. The van der Waals surface area contributed by atoms with Gasteiger partial charge in [-0.15, -0.1) is 0 Å². The maximum atomic E-state index is 9.93. The van der Waals surface area contributed by atoms with Gasteiger partial charge in [0.05, 0.1) is 6.54 Å². The second-order valence-electron chi connectivity index (χ2n) is 3.70. The Morgan fingerprint density at radius 2 is 2.29 bits per heavy atom. The van der Waals surface area contributed by atoms with E-state index in [0.717, 1.165) is 6.42 Å². The molecule has 0 amide bonds. The first-order valence-electron chi connectivity index (χ1n) is 5.03. The van der Waals surface area contributed by atoms with Crippen LogP contribution in [0.3, 0.4) is 0 Å². The van der Waals surface area contributed by atoms with Gasteiger partial charge in [-0.2, -0.15) is 0 Å². The van der Waals surface area contributed by atoms with E-state index in [2.05, 4.69) is 29.3 Å². The first kappa shape index (κ1) is 9.17. The highest BCUT2D eigenvalue weighted by Crippen LogP contribution is 2.34. The van der Waals surface area contributed by atoms with Gasteiger partial charge in [-0.3, -0.25) is 0 Å². The topological polar surface area (TPSA) is 29.4 Å². The molecule has 0 saturated carbocycles. The molecule has 2 rings (SSSR count). The molecule has 72 valence electrons. The number of isocyanates is 1. The number of aliphatic imine (C=N–C) groups is 1. The Hall–Kier alpha value is -1.40. The lowest BCUT2D eigenvalue weighted by Crippen LogP contribution is -1.95. The summed E-state index contributed by atoms with van der Waals surface area (Å²) in [5.41, 5.74) is 2.92. The molecule has 1 aliphatic carbocycles.